The Morgan fingerprint density at radius 1 is 1.59 bits per heavy atom. The molecule has 0 bridgehead atoms. The van der Waals surface area contributed by atoms with Gasteiger partial charge in [-0.3, -0.25) is 0 Å². The van der Waals surface area contributed by atoms with Crippen molar-refractivity contribution in [3.8, 4) is 0 Å². The molecule has 1 heterocycles. The lowest BCUT2D eigenvalue weighted by Crippen LogP contribution is -2.33. The molecule has 0 amide bonds. The maximum Gasteiger partial charge on any atom is 0.0849 e. The van der Waals surface area contributed by atoms with Crippen LogP contribution >= 0.6 is 0 Å². The van der Waals surface area contributed by atoms with Gasteiger partial charge in [-0.15, -0.1) is 0 Å². The Bertz CT molecular complexity index is 305. The molecule has 0 fully saturated rings. The average Bonchev–Trinajstić information content (AvgIpc) is 2.81. The van der Waals surface area contributed by atoms with E-state index in [2.05, 4.69) is 53.0 Å². The maximum atomic E-state index is 3.98. The molecule has 0 saturated carbocycles. The topological polar surface area (TPSA) is 65.6 Å². The lowest BCUT2D eigenvalue weighted by molar-refractivity contribution is 0.618. The number of hydrogen-bond donors (Lipinski definition) is 3. The third kappa shape index (κ3) is 6.40. The van der Waals surface area contributed by atoms with Gasteiger partial charge in [0.05, 0.1) is 17.9 Å². The first-order valence-corrected chi connectivity index (χ1v) is 5.77. The molecule has 3 N–H and O–H groups in total. The summed E-state index contributed by atoms with van der Waals surface area (Å²) in [6.07, 6.45) is 5.32. The predicted molar refractivity (Wildman–Crippen MR) is 71.4 cm³/mol. The van der Waals surface area contributed by atoms with E-state index in [9.17, 15) is 0 Å². The van der Waals surface area contributed by atoms with Crippen LogP contribution in [0.15, 0.2) is 31.3 Å². The summed E-state index contributed by atoms with van der Waals surface area (Å²) < 4.78 is 0. The first-order valence-electron chi connectivity index (χ1n) is 5.77. The molecule has 0 aliphatic heterocycles. The predicted octanol–water partition coefficient (Wildman–Crippen LogP) is 1.60. The van der Waals surface area contributed by atoms with Crippen LogP contribution in [-0.2, 0) is 6.42 Å². The van der Waals surface area contributed by atoms with Crippen LogP contribution < -0.4 is 10.6 Å². The van der Waals surface area contributed by atoms with E-state index in [0.29, 0.717) is 0 Å². The van der Waals surface area contributed by atoms with Crippen molar-refractivity contribution in [2.24, 2.45) is 0 Å². The minimum Gasteiger partial charge on any atom is -0.390 e. The Hall–Kier alpha value is -1.78. The van der Waals surface area contributed by atoms with E-state index in [0.717, 1.165) is 17.8 Å². The molecule has 1 atom stereocenters. The van der Waals surface area contributed by atoms with Gasteiger partial charge in [-0.2, -0.15) is 15.4 Å². The van der Waals surface area contributed by atoms with Gasteiger partial charge in [-0.1, -0.05) is 33.4 Å². The summed E-state index contributed by atoms with van der Waals surface area (Å²) >= 11 is 0. The molecule has 0 spiro atoms. The van der Waals surface area contributed by atoms with Crippen LogP contribution in [0, 0.1) is 0 Å². The molecule has 1 aromatic rings. The van der Waals surface area contributed by atoms with Crippen LogP contribution in [0.3, 0.4) is 0 Å². The molecule has 0 saturated heterocycles. The van der Waals surface area contributed by atoms with Crippen molar-refractivity contribution >= 4 is 0 Å². The zero-order valence-electron chi connectivity index (χ0n) is 11.0. The van der Waals surface area contributed by atoms with Crippen molar-refractivity contribution in [3.63, 3.8) is 0 Å². The Balaban J connectivity index is 0.000000770. The van der Waals surface area contributed by atoms with Crippen molar-refractivity contribution in [2.45, 2.75) is 32.7 Å². The molecular formula is C12H23N5. The van der Waals surface area contributed by atoms with Gasteiger partial charge in [0.25, 0.3) is 0 Å². The van der Waals surface area contributed by atoms with Crippen molar-refractivity contribution in [2.75, 3.05) is 7.05 Å². The minimum atomic E-state index is 0.0857. The van der Waals surface area contributed by atoms with Crippen molar-refractivity contribution in [1.29, 1.82) is 0 Å². The van der Waals surface area contributed by atoms with Gasteiger partial charge < -0.3 is 10.6 Å². The van der Waals surface area contributed by atoms with E-state index < -0.39 is 0 Å². The summed E-state index contributed by atoms with van der Waals surface area (Å²) in [4.78, 5) is 0. The molecule has 5 heteroatoms. The molecule has 1 rings (SSSR count). The van der Waals surface area contributed by atoms with E-state index in [1.807, 2.05) is 7.05 Å². The molecule has 96 valence electrons. The van der Waals surface area contributed by atoms with Gasteiger partial charge in [0.1, 0.15) is 0 Å². The van der Waals surface area contributed by atoms with Crippen molar-refractivity contribution in [1.82, 2.24) is 26.0 Å². The monoisotopic (exact) mass is 237 g/mol. The number of aromatic amines is 1. The summed E-state index contributed by atoms with van der Waals surface area (Å²) in [5, 5.41) is 16.4. The van der Waals surface area contributed by atoms with Crippen LogP contribution in [0.25, 0.3) is 0 Å². The Kier molecular flexibility index (Phi) is 8.46. The highest BCUT2D eigenvalue weighted by molar-refractivity contribution is 5.09. The second-order valence-electron chi connectivity index (χ2n) is 3.57. The first-order chi connectivity index (χ1) is 8.19. The SMILES string of the molecule is C=CNC(Cc1cn[nH]n1)C(=C)NC.CCC. The van der Waals surface area contributed by atoms with E-state index >= 15 is 0 Å². The standard InChI is InChI=1S/C9H15N5.C3H8/c1-4-11-9(7(2)10-3)5-8-6-12-14-13-8;1-3-2/h4,6,9-11H,1-2,5H2,3H3,(H,12,13,14);3H2,1-2H3. The third-order valence-corrected chi connectivity index (χ3v) is 1.94. The van der Waals surface area contributed by atoms with E-state index in [-0.39, 0.29) is 6.04 Å². The van der Waals surface area contributed by atoms with Crippen LogP contribution in [0.2, 0.25) is 0 Å². The largest absolute Gasteiger partial charge is 0.390 e. The molecule has 5 nitrogen and oxygen atoms in total. The lowest BCUT2D eigenvalue weighted by Gasteiger charge is -2.18. The zero-order valence-corrected chi connectivity index (χ0v) is 11.0. The summed E-state index contributed by atoms with van der Waals surface area (Å²) in [7, 11) is 1.84. The quantitative estimate of drug-likeness (QED) is 0.703. The highest BCUT2D eigenvalue weighted by Crippen LogP contribution is 2.03. The molecule has 0 aliphatic carbocycles. The number of likely N-dealkylation sites (N-methyl/N-ethyl adjacent to an activating group) is 1. The van der Waals surface area contributed by atoms with Gasteiger partial charge in [0, 0.05) is 19.2 Å². The van der Waals surface area contributed by atoms with Gasteiger partial charge in [0.15, 0.2) is 0 Å². The van der Waals surface area contributed by atoms with E-state index in [1.54, 1.807) is 12.4 Å². The number of nitrogens with one attached hydrogen (secondary N) is 3. The van der Waals surface area contributed by atoms with Gasteiger partial charge in [-0.25, -0.2) is 0 Å². The zero-order chi connectivity index (χ0) is 13.1. The van der Waals surface area contributed by atoms with Crippen LogP contribution in [0.5, 0.6) is 0 Å². The lowest BCUT2D eigenvalue weighted by atomic mass is 10.1. The number of rotatable bonds is 6. The molecule has 1 aromatic heterocycles. The molecule has 17 heavy (non-hydrogen) atoms. The fourth-order valence-electron chi connectivity index (χ4n) is 1.13. The number of aromatic nitrogens is 3. The number of H-pyrrole nitrogens is 1. The Morgan fingerprint density at radius 3 is 2.65 bits per heavy atom. The fraction of sp³-hybridized carbons (Fsp3) is 0.500. The normalized spacial score (nSPS) is 10.8. The van der Waals surface area contributed by atoms with E-state index in [1.165, 1.54) is 6.42 Å². The number of nitrogens with zero attached hydrogens (tertiary/aromatic N) is 2. The third-order valence-electron chi connectivity index (χ3n) is 1.94. The number of hydrogen-bond acceptors (Lipinski definition) is 4. The Labute approximate surface area is 103 Å². The van der Waals surface area contributed by atoms with Gasteiger partial charge >= 0.3 is 0 Å². The summed E-state index contributed by atoms with van der Waals surface area (Å²) in [5.41, 5.74) is 1.79. The molecule has 1 unspecified atom stereocenters. The highest BCUT2D eigenvalue weighted by Gasteiger charge is 2.11. The Morgan fingerprint density at radius 2 is 2.24 bits per heavy atom. The minimum absolute atomic E-state index is 0.0857. The van der Waals surface area contributed by atoms with Crippen LogP contribution in [0.4, 0.5) is 0 Å². The molecule has 0 aliphatic rings. The fourth-order valence-corrected chi connectivity index (χ4v) is 1.13. The molecule has 0 radical (unpaired) electrons. The van der Waals surface area contributed by atoms with E-state index in [4.69, 9.17) is 0 Å². The van der Waals surface area contributed by atoms with Gasteiger partial charge in [0.2, 0.25) is 0 Å². The van der Waals surface area contributed by atoms with Crippen molar-refractivity contribution < 1.29 is 0 Å². The smallest absolute Gasteiger partial charge is 0.0849 e. The van der Waals surface area contributed by atoms with Crippen molar-refractivity contribution in [3.05, 3.63) is 36.9 Å². The first kappa shape index (κ1) is 15.2. The molecule has 0 aromatic carbocycles. The van der Waals surface area contributed by atoms with Gasteiger partial charge in [-0.05, 0) is 6.20 Å². The summed E-state index contributed by atoms with van der Waals surface area (Å²) in [5.74, 6) is 0. The maximum absolute atomic E-state index is 3.98. The average molecular weight is 237 g/mol. The van der Waals surface area contributed by atoms with Crippen LogP contribution in [0.1, 0.15) is 26.0 Å². The summed E-state index contributed by atoms with van der Waals surface area (Å²) in [6, 6.07) is 0.0857. The second kappa shape index (κ2) is 9.45. The highest BCUT2D eigenvalue weighted by atomic mass is 15.3. The second-order valence-corrected chi connectivity index (χ2v) is 3.57. The van der Waals surface area contributed by atoms with Crippen LogP contribution in [-0.4, -0.2) is 28.5 Å². The summed E-state index contributed by atoms with van der Waals surface area (Å²) in [6.45, 7) is 11.8. The molecular weight excluding hydrogens is 214 g/mol.